The predicted octanol–water partition coefficient (Wildman–Crippen LogP) is 3.33. The predicted molar refractivity (Wildman–Crippen MR) is 65.6 cm³/mol. The van der Waals surface area contributed by atoms with Crippen molar-refractivity contribution < 1.29 is 14.9 Å². The van der Waals surface area contributed by atoms with Crippen molar-refractivity contribution in [1.29, 1.82) is 0 Å². The standard InChI is InChI=1S/C13H11ClO3/c14-10-1-4-12(5-2-10)17-8-9-7-11(15)3-6-13(9)16/h1-7,15-16H,8H2. The van der Waals surface area contributed by atoms with Crippen molar-refractivity contribution in [1.82, 2.24) is 0 Å². The number of halogens is 1. The lowest BCUT2D eigenvalue weighted by atomic mass is 10.2. The molecular weight excluding hydrogens is 240 g/mol. The fraction of sp³-hybridized carbons (Fsp3) is 0.0769. The van der Waals surface area contributed by atoms with E-state index in [0.717, 1.165) is 0 Å². The Kier molecular flexibility index (Phi) is 3.40. The van der Waals surface area contributed by atoms with Crippen LogP contribution in [0.25, 0.3) is 0 Å². The minimum atomic E-state index is 0.0942. The fourth-order valence-corrected chi connectivity index (χ4v) is 1.51. The van der Waals surface area contributed by atoms with Crippen LogP contribution >= 0.6 is 11.6 Å². The van der Waals surface area contributed by atoms with Crippen molar-refractivity contribution in [3.63, 3.8) is 0 Å². The lowest BCUT2D eigenvalue weighted by Crippen LogP contribution is -1.95. The molecule has 2 aromatic carbocycles. The topological polar surface area (TPSA) is 49.7 Å². The van der Waals surface area contributed by atoms with E-state index >= 15 is 0 Å². The molecule has 0 unspecified atom stereocenters. The molecule has 0 aromatic heterocycles. The molecule has 0 fully saturated rings. The molecule has 0 amide bonds. The number of ether oxygens (including phenoxy) is 1. The molecule has 0 saturated carbocycles. The SMILES string of the molecule is Oc1ccc(O)c(COc2ccc(Cl)cc2)c1. The van der Waals surface area contributed by atoms with Crippen LogP contribution in [-0.4, -0.2) is 10.2 Å². The minimum absolute atomic E-state index is 0.0942. The van der Waals surface area contributed by atoms with Gasteiger partial charge in [0.15, 0.2) is 0 Å². The van der Waals surface area contributed by atoms with Gasteiger partial charge in [-0.25, -0.2) is 0 Å². The zero-order valence-corrected chi connectivity index (χ0v) is 9.69. The van der Waals surface area contributed by atoms with Crippen molar-refractivity contribution in [2.75, 3.05) is 0 Å². The molecule has 0 aliphatic carbocycles. The first kappa shape index (κ1) is 11.6. The highest BCUT2D eigenvalue weighted by molar-refractivity contribution is 6.30. The molecule has 17 heavy (non-hydrogen) atoms. The average molecular weight is 251 g/mol. The summed E-state index contributed by atoms with van der Waals surface area (Å²) in [5, 5.41) is 19.5. The number of benzene rings is 2. The van der Waals surface area contributed by atoms with Gasteiger partial charge < -0.3 is 14.9 Å². The first-order valence-electron chi connectivity index (χ1n) is 5.04. The van der Waals surface area contributed by atoms with Gasteiger partial charge in [-0.2, -0.15) is 0 Å². The molecule has 0 bridgehead atoms. The van der Waals surface area contributed by atoms with E-state index in [1.165, 1.54) is 18.2 Å². The lowest BCUT2D eigenvalue weighted by Gasteiger charge is -2.08. The normalized spacial score (nSPS) is 10.2. The van der Waals surface area contributed by atoms with Crippen LogP contribution in [0.3, 0.4) is 0 Å². The summed E-state index contributed by atoms with van der Waals surface area (Å²) in [4.78, 5) is 0. The molecule has 2 rings (SSSR count). The van der Waals surface area contributed by atoms with E-state index in [9.17, 15) is 10.2 Å². The van der Waals surface area contributed by atoms with E-state index in [1.54, 1.807) is 24.3 Å². The van der Waals surface area contributed by atoms with E-state index in [0.29, 0.717) is 16.3 Å². The van der Waals surface area contributed by atoms with Gasteiger partial charge in [-0.1, -0.05) is 11.6 Å². The van der Waals surface area contributed by atoms with Crippen LogP contribution in [-0.2, 0) is 6.61 Å². The van der Waals surface area contributed by atoms with Crippen LogP contribution in [0.2, 0.25) is 5.02 Å². The number of aromatic hydroxyl groups is 2. The van der Waals surface area contributed by atoms with Crippen LogP contribution < -0.4 is 4.74 Å². The van der Waals surface area contributed by atoms with Crippen LogP contribution in [0, 0.1) is 0 Å². The maximum atomic E-state index is 9.54. The second kappa shape index (κ2) is 4.97. The third-order valence-corrected chi connectivity index (χ3v) is 2.52. The Balaban J connectivity index is 2.07. The van der Waals surface area contributed by atoms with Crippen LogP contribution in [0.1, 0.15) is 5.56 Å². The summed E-state index contributed by atoms with van der Waals surface area (Å²) in [7, 11) is 0. The van der Waals surface area contributed by atoms with Gasteiger partial charge in [0.05, 0.1) is 0 Å². The second-order valence-electron chi connectivity index (χ2n) is 3.56. The van der Waals surface area contributed by atoms with E-state index in [2.05, 4.69) is 0 Å². The van der Waals surface area contributed by atoms with Gasteiger partial charge in [0.1, 0.15) is 23.9 Å². The Hall–Kier alpha value is -1.87. The molecule has 0 radical (unpaired) electrons. The molecule has 0 aliphatic rings. The largest absolute Gasteiger partial charge is 0.508 e. The molecular formula is C13H11ClO3. The maximum Gasteiger partial charge on any atom is 0.122 e. The number of rotatable bonds is 3. The highest BCUT2D eigenvalue weighted by Gasteiger charge is 2.03. The van der Waals surface area contributed by atoms with Crippen LogP contribution in [0.15, 0.2) is 42.5 Å². The van der Waals surface area contributed by atoms with Crippen LogP contribution in [0.4, 0.5) is 0 Å². The van der Waals surface area contributed by atoms with E-state index in [1.807, 2.05) is 0 Å². The monoisotopic (exact) mass is 250 g/mol. The molecule has 0 aliphatic heterocycles. The van der Waals surface area contributed by atoms with Crippen molar-refractivity contribution in [3.8, 4) is 17.2 Å². The summed E-state index contributed by atoms with van der Waals surface area (Å²) in [5.74, 6) is 0.839. The Bertz CT molecular complexity index is 509. The summed E-state index contributed by atoms with van der Waals surface area (Å²) in [6, 6.07) is 11.2. The highest BCUT2D eigenvalue weighted by Crippen LogP contribution is 2.24. The first-order chi connectivity index (χ1) is 8.15. The van der Waals surface area contributed by atoms with Gasteiger partial charge in [-0.15, -0.1) is 0 Å². The van der Waals surface area contributed by atoms with Crippen molar-refractivity contribution in [3.05, 3.63) is 53.1 Å². The fourth-order valence-electron chi connectivity index (χ4n) is 1.38. The Morgan fingerprint density at radius 2 is 1.71 bits per heavy atom. The van der Waals surface area contributed by atoms with Gasteiger partial charge in [0, 0.05) is 10.6 Å². The van der Waals surface area contributed by atoms with Crippen molar-refractivity contribution >= 4 is 11.6 Å². The van der Waals surface area contributed by atoms with Gasteiger partial charge in [-0.05, 0) is 42.5 Å². The van der Waals surface area contributed by atoms with E-state index in [4.69, 9.17) is 16.3 Å². The van der Waals surface area contributed by atoms with Gasteiger partial charge in [-0.3, -0.25) is 0 Å². The molecule has 4 heteroatoms. The van der Waals surface area contributed by atoms with E-state index < -0.39 is 0 Å². The summed E-state index contributed by atoms with van der Waals surface area (Å²) >= 11 is 5.75. The quantitative estimate of drug-likeness (QED) is 0.822. The molecule has 0 heterocycles. The van der Waals surface area contributed by atoms with Crippen LogP contribution in [0.5, 0.6) is 17.2 Å². The van der Waals surface area contributed by atoms with Gasteiger partial charge in [0.2, 0.25) is 0 Å². The second-order valence-corrected chi connectivity index (χ2v) is 3.99. The van der Waals surface area contributed by atoms with Gasteiger partial charge in [0.25, 0.3) is 0 Å². The molecule has 88 valence electrons. The van der Waals surface area contributed by atoms with E-state index in [-0.39, 0.29) is 18.1 Å². The Labute approximate surface area is 104 Å². The molecule has 2 aromatic rings. The molecule has 2 N–H and O–H groups in total. The number of phenols is 2. The summed E-state index contributed by atoms with van der Waals surface area (Å²) < 4.78 is 5.45. The number of phenolic OH excluding ortho intramolecular Hbond substituents is 2. The minimum Gasteiger partial charge on any atom is -0.508 e. The molecule has 0 saturated heterocycles. The zero-order chi connectivity index (χ0) is 12.3. The highest BCUT2D eigenvalue weighted by atomic mass is 35.5. The first-order valence-corrected chi connectivity index (χ1v) is 5.42. The number of hydrogen-bond acceptors (Lipinski definition) is 3. The van der Waals surface area contributed by atoms with Crippen molar-refractivity contribution in [2.45, 2.75) is 6.61 Å². The molecule has 0 spiro atoms. The summed E-state index contributed by atoms with van der Waals surface area (Å²) in [6.45, 7) is 0.182. The smallest absolute Gasteiger partial charge is 0.122 e. The Morgan fingerprint density at radius 1 is 1.00 bits per heavy atom. The lowest BCUT2D eigenvalue weighted by molar-refractivity contribution is 0.298. The van der Waals surface area contributed by atoms with Gasteiger partial charge >= 0.3 is 0 Å². The summed E-state index contributed by atoms with van der Waals surface area (Å²) in [5.41, 5.74) is 0.528. The van der Waals surface area contributed by atoms with Crippen molar-refractivity contribution in [2.24, 2.45) is 0 Å². The summed E-state index contributed by atoms with van der Waals surface area (Å²) in [6.07, 6.45) is 0. The third kappa shape index (κ3) is 3.04. The molecule has 0 atom stereocenters. The zero-order valence-electron chi connectivity index (χ0n) is 8.93. The molecule has 3 nitrogen and oxygen atoms in total. The average Bonchev–Trinajstić information content (AvgIpc) is 2.32. The Morgan fingerprint density at radius 3 is 2.41 bits per heavy atom. The maximum absolute atomic E-state index is 9.54. The third-order valence-electron chi connectivity index (χ3n) is 2.27. The number of hydrogen-bond donors (Lipinski definition) is 2.